The molecule has 1 amide bonds. The highest BCUT2D eigenvalue weighted by molar-refractivity contribution is 6.42. The van der Waals surface area contributed by atoms with Gasteiger partial charge >= 0.3 is 0 Å². The van der Waals surface area contributed by atoms with Gasteiger partial charge in [0.15, 0.2) is 0 Å². The van der Waals surface area contributed by atoms with Crippen molar-refractivity contribution in [3.05, 3.63) is 33.8 Å². The van der Waals surface area contributed by atoms with Crippen molar-refractivity contribution in [3.8, 4) is 0 Å². The molecule has 5 nitrogen and oxygen atoms in total. The smallest absolute Gasteiger partial charge is 0.253 e. The predicted octanol–water partition coefficient (Wildman–Crippen LogP) is 2.59. The topological polar surface area (TPSA) is 78.9 Å². The van der Waals surface area contributed by atoms with Crippen molar-refractivity contribution >= 4 is 34.9 Å². The van der Waals surface area contributed by atoms with Gasteiger partial charge in [0.1, 0.15) is 5.84 Å². The van der Waals surface area contributed by atoms with Gasteiger partial charge in [-0.3, -0.25) is 4.79 Å². The number of hydrogen-bond acceptors (Lipinski definition) is 3. The van der Waals surface area contributed by atoms with E-state index in [1.54, 1.807) is 17.0 Å². The number of halogens is 2. The monoisotopic (exact) mass is 303 g/mol. The molecule has 0 saturated carbocycles. The van der Waals surface area contributed by atoms with Crippen LogP contribution in [-0.4, -0.2) is 34.9 Å². The molecule has 0 aliphatic heterocycles. The Balaban J connectivity index is 2.80. The number of nitrogens with zero attached hydrogens (tertiary/aromatic N) is 2. The summed E-state index contributed by atoms with van der Waals surface area (Å²) in [7, 11) is 0. The van der Waals surface area contributed by atoms with E-state index < -0.39 is 0 Å². The molecule has 1 aromatic carbocycles. The number of amidine groups is 1. The number of carbonyl (C=O) groups is 1. The second kappa shape index (κ2) is 7.21. The molecular weight excluding hydrogens is 289 g/mol. The molecule has 1 aromatic rings. The lowest BCUT2D eigenvalue weighted by molar-refractivity contribution is 0.0768. The van der Waals surface area contributed by atoms with Crippen LogP contribution in [0.3, 0.4) is 0 Å². The van der Waals surface area contributed by atoms with Gasteiger partial charge < -0.3 is 15.8 Å². The Morgan fingerprint density at radius 3 is 2.63 bits per heavy atom. The van der Waals surface area contributed by atoms with Crippen LogP contribution in [0.1, 0.15) is 23.7 Å². The summed E-state index contributed by atoms with van der Waals surface area (Å²) in [6.07, 6.45) is 0.303. The van der Waals surface area contributed by atoms with Crippen LogP contribution < -0.4 is 5.73 Å². The highest BCUT2D eigenvalue weighted by Gasteiger charge is 2.15. The fourth-order valence-electron chi connectivity index (χ4n) is 1.51. The van der Waals surface area contributed by atoms with Crippen LogP contribution >= 0.6 is 23.2 Å². The summed E-state index contributed by atoms with van der Waals surface area (Å²) >= 11 is 11.7. The molecule has 0 aliphatic carbocycles. The quantitative estimate of drug-likeness (QED) is 0.380. The molecule has 7 heteroatoms. The zero-order chi connectivity index (χ0) is 14.4. The zero-order valence-corrected chi connectivity index (χ0v) is 11.9. The summed E-state index contributed by atoms with van der Waals surface area (Å²) in [4.78, 5) is 13.8. The maximum Gasteiger partial charge on any atom is 0.253 e. The van der Waals surface area contributed by atoms with Gasteiger partial charge in [0.05, 0.1) is 10.0 Å². The van der Waals surface area contributed by atoms with Crippen LogP contribution in [0.5, 0.6) is 0 Å². The van der Waals surface area contributed by atoms with Gasteiger partial charge in [-0.1, -0.05) is 28.4 Å². The van der Waals surface area contributed by atoms with Gasteiger partial charge in [-0.25, -0.2) is 0 Å². The maximum absolute atomic E-state index is 12.2. The van der Waals surface area contributed by atoms with Crippen molar-refractivity contribution in [2.45, 2.75) is 13.3 Å². The summed E-state index contributed by atoms with van der Waals surface area (Å²) < 4.78 is 0. The first-order valence-electron chi connectivity index (χ1n) is 5.70. The number of amides is 1. The van der Waals surface area contributed by atoms with E-state index in [1.807, 2.05) is 6.92 Å². The van der Waals surface area contributed by atoms with Crippen molar-refractivity contribution in [3.63, 3.8) is 0 Å². The van der Waals surface area contributed by atoms with Gasteiger partial charge in [-0.05, 0) is 25.1 Å². The van der Waals surface area contributed by atoms with Crippen molar-refractivity contribution in [1.82, 2.24) is 4.90 Å². The molecule has 0 aliphatic rings. The van der Waals surface area contributed by atoms with E-state index in [0.29, 0.717) is 35.1 Å². The number of rotatable bonds is 5. The normalized spacial score (nSPS) is 11.4. The van der Waals surface area contributed by atoms with Crippen molar-refractivity contribution in [2.24, 2.45) is 10.9 Å². The number of carbonyl (C=O) groups excluding carboxylic acids is 1. The Kier molecular flexibility index (Phi) is 5.92. The first-order valence-corrected chi connectivity index (χ1v) is 6.46. The van der Waals surface area contributed by atoms with Crippen molar-refractivity contribution in [2.75, 3.05) is 13.1 Å². The molecule has 0 saturated heterocycles. The van der Waals surface area contributed by atoms with E-state index in [2.05, 4.69) is 5.16 Å². The summed E-state index contributed by atoms with van der Waals surface area (Å²) in [5.74, 6) is -0.0906. The van der Waals surface area contributed by atoms with Crippen LogP contribution in [0, 0.1) is 0 Å². The molecule has 0 bridgehead atoms. The zero-order valence-electron chi connectivity index (χ0n) is 10.4. The van der Waals surface area contributed by atoms with Gasteiger partial charge in [0.25, 0.3) is 5.91 Å². The Bertz CT molecular complexity index is 492. The Hall–Kier alpha value is -1.46. The minimum Gasteiger partial charge on any atom is -0.409 e. The Labute approximate surface area is 121 Å². The molecule has 19 heavy (non-hydrogen) atoms. The first-order chi connectivity index (χ1) is 8.99. The molecule has 0 unspecified atom stereocenters. The molecule has 0 heterocycles. The van der Waals surface area contributed by atoms with Crippen LogP contribution in [0.15, 0.2) is 23.4 Å². The van der Waals surface area contributed by atoms with Gasteiger partial charge in [-0.15, -0.1) is 0 Å². The lowest BCUT2D eigenvalue weighted by atomic mass is 10.2. The third kappa shape index (κ3) is 4.29. The van der Waals surface area contributed by atoms with Crippen molar-refractivity contribution < 1.29 is 10.0 Å². The molecule has 0 radical (unpaired) electrons. The van der Waals surface area contributed by atoms with E-state index in [4.69, 9.17) is 34.1 Å². The van der Waals surface area contributed by atoms with Crippen LogP contribution in [-0.2, 0) is 0 Å². The molecule has 3 N–H and O–H groups in total. The van der Waals surface area contributed by atoms with E-state index in [-0.39, 0.29) is 11.7 Å². The third-order valence-electron chi connectivity index (χ3n) is 2.60. The summed E-state index contributed by atoms with van der Waals surface area (Å²) in [6.45, 7) is 2.73. The third-order valence-corrected chi connectivity index (χ3v) is 3.34. The van der Waals surface area contributed by atoms with Crippen LogP contribution in [0.25, 0.3) is 0 Å². The standard InChI is InChI=1S/C12H15Cl2N3O2/c1-2-17(6-5-11(15)16-19)12(18)8-3-4-9(13)10(14)7-8/h3-4,7,19H,2,5-6H2,1H3,(H2,15,16). The number of nitrogens with two attached hydrogens (primary N) is 1. The summed E-state index contributed by atoms with van der Waals surface area (Å²) in [5, 5.41) is 12.1. The highest BCUT2D eigenvalue weighted by Crippen LogP contribution is 2.23. The molecular formula is C12H15Cl2N3O2. The predicted molar refractivity (Wildman–Crippen MR) is 76.1 cm³/mol. The number of benzene rings is 1. The number of hydrogen-bond donors (Lipinski definition) is 2. The van der Waals surface area contributed by atoms with E-state index in [0.717, 1.165) is 0 Å². The maximum atomic E-state index is 12.2. The summed E-state index contributed by atoms with van der Waals surface area (Å²) in [6, 6.07) is 4.72. The van der Waals surface area contributed by atoms with E-state index in [9.17, 15) is 4.79 Å². The average molecular weight is 304 g/mol. The SMILES string of the molecule is CCN(CC/C(N)=N/O)C(=O)c1ccc(Cl)c(Cl)c1. The molecule has 104 valence electrons. The molecule has 0 spiro atoms. The molecule has 1 rings (SSSR count). The second-order valence-corrected chi connectivity index (χ2v) is 4.67. The molecule has 0 fully saturated rings. The minimum atomic E-state index is -0.174. The van der Waals surface area contributed by atoms with Crippen molar-refractivity contribution in [1.29, 1.82) is 0 Å². The van der Waals surface area contributed by atoms with E-state index >= 15 is 0 Å². The lowest BCUT2D eigenvalue weighted by Gasteiger charge is -2.20. The minimum absolute atomic E-state index is 0.0837. The largest absolute Gasteiger partial charge is 0.409 e. The molecule has 0 atom stereocenters. The van der Waals surface area contributed by atoms with E-state index in [1.165, 1.54) is 6.07 Å². The Morgan fingerprint density at radius 1 is 1.42 bits per heavy atom. The second-order valence-electron chi connectivity index (χ2n) is 3.86. The highest BCUT2D eigenvalue weighted by atomic mass is 35.5. The average Bonchev–Trinajstić information content (AvgIpc) is 2.41. The number of oxime groups is 1. The summed E-state index contributed by atoms with van der Waals surface area (Å²) in [5.41, 5.74) is 5.84. The Morgan fingerprint density at radius 2 is 2.11 bits per heavy atom. The fourth-order valence-corrected chi connectivity index (χ4v) is 1.81. The van der Waals surface area contributed by atoms with Gasteiger partial charge in [-0.2, -0.15) is 0 Å². The fraction of sp³-hybridized carbons (Fsp3) is 0.333. The van der Waals surface area contributed by atoms with Gasteiger partial charge in [0, 0.05) is 25.1 Å². The van der Waals surface area contributed by atoms with Gasteiger partial charge in [0.2, 0.25) is 0 Å². The lowest BCUT2D eigenvalue weighted by Crippen LogP contribution is -2.33. The van der Waals surface area contributed by atoms with Crippen LogP contribution in [0.4, 0.5) is 0 Å². The first kappa shape index (κ1) is 15.6. The molecule has 0 aromatic heterocycles. The van der Waals surface area contributed by atoms with Crippen LogP contribution in [0.2, 0.25) is 10.0 Å².